The third-order valence-electron chi connectivity index (χ3n) is 3.24. The zero-order valence-corrected chi connectivity index (χ0v) is 13.8. The third kappa shape index (κ3) is 3.75. The van der Waals surface area contributed by atoms with Crippen molar-refractivity contribution in [2.45, 2.75) is 19.9 Å². The van der Waals surface area contributed by atoms with Gasteiger partial charge in [0.1, 0.15) is 22.1 Å². The predicted molar refractivity (Wildman–Crippen MR) is 91.4 cm³/mol. The second kappa shape index (κ2) is 7.34. The predicted octanol–water partition coefficient (Wildman–Crippen LogP) is 2.82. The van der Waals surface area contributed by atoms with Crippen LogP contribution in [0.1, 0.15) is 13.3 Å². The van der Waals surface area contributed by atoms with Crippen molar-refractivity contribution in [1.29, 1.82) is 0 Å². The van der Waals surface area contributed by atoms with E-state index in [0.29, 0.717) is 13.1 Å². The number of benzene rings is 1. The van der Waals surface area contributed by atoms with E-state index in [-0.39, 0.29) is 0 Å². The summed E-state index contributed by atoms with van der Waals surface area (Å²) >= 11 is 1.59. The monoisotopic (exact) mass is 329 g/mol. The third-order valence-corrected chi connectivity index (χ3v) is 4.13. The first kappa shape index (κ1) is 15.6. The van der Waals surface area contributed by atoms with Gasteiger partial charge in [0.15, 0.2) is 0 Å². The summed E-state index contributed by atoms with van der Waals surface area (Å²) in [4.78, 5) is 4.65. The maximum absolute atomic E-state index is 5.60. The highest BCUT2D eigenvalue weighted by Crippen LogP contribution is 2.29. The van der Waals surface area contributed by atoms with Gasteiger partial charge in [0.25, 0.3) is 0 Å². The summed E-state index contributed by atoms with van der Waals surface area (Å²) in [5.74, 6) is 0.886. The molecule has 0 amide bonds. The maximum atomic E-state index is 5.60. The van der Waals surface area contributed by atoms with E-state index in [2.05, 4.69) is 22.2 Å². The molecule has 0 saturated heterocycles. The molecular formula is C16H19N5OS. The van der Waals surface area contributed by atoms with Gasteiger partial charge in [0.2, 0.25) is 0 Å². The fourth-order valence-electron chi connectivity index (χ4n) is 2.09. The Kier molecular flexibility index (Phi) is 4.99. The highest BCUT2D eigenvalue weighted by molar-refractivity contribution is 7.13. The molecule has 2 aromatic heterocycles. The summed E-state index contributed by atoms with van der Waals surface area (Å²) < 4.78 is 7.33. The molecule has 6 nitrogen and oxygen atoms in total. The van der Waals surface area contributed by atoms with Crippen LogP contribution in [0.25, 0.3) is 22.0 Å². The number of thiazole rings is 1. The Balaban J connectivity index is 1.75. The van der Waals surface area contributed by atoms with Gasteiger partial charge >= 0.3 is 0 Å². The standard InChI is InChI=1S/C16H19N5OS/c1-2-9-22-13-5-3-12(4-6-13)16-18-15(11-23-16)14-10-21(8-7-17)20-19-14/h3-6,10-11H,2,7-9,17H2,1H3. The number of hydrogen-bond donors (Lipinski definition) is 1. The van der Waals surface area contributed by atoms with Gasteiger partial charge in [0, 0.05) is 17.5 Å². The highest BCUT2D eigenvalue weighted by Gasteiger charge is 2.10. The number of hydrogen-bond acceptors (Lipinski definition) is 6. The van der Waals surface area contributed by atoms with Crippen molar-refractivity contribution in [2.24, 2.45) is 5.73 Å². The SMILES string of the molecule is CCCOc1ccc(-c2nc(-c3cn(CCN)nn3)cs2)cc1. The van der Waals surface area contributed by atoms with Crippen molar-refractivity contribution in [3.8, 4) is 27.7 Å². The van der Waals surface area contributed by atoms with E-state index in [0.717, 1.165) is 40.7 Å². The fraction of sp³-hybridized carbons (Fsp3) is 0.312. The van der Waals surface area contributed by atoms with Crippen LogP contribution in [0.3, 0.4) is 0 Å². The first-order valence-corrected chi connectivity index (χ1v) is 8.47. The van der Waals surface area contributed by atoms with E-state index >= 15 is 0 Å². The minimum Gasteiger partial charge on any atom is -0.494 e. The summed E-state index contributed by atoms with van der Waals surface area (Å²) in [6.45, 7) is 4.02. The molecule has 0 radical (unpaired) electrons. The smallest absolute Gasteiger partial charge is 0.132 e. The molecule has 3 aromatic rings. The summed E-state index contributed by atoms with van der Waals surface area (Å²) in [7, 11) is 0. The molecule has 23 heavy (non-hydrogen) atoms. The second-order valence-corrected chi connectivity index (χ2v) is 5.92. The lowest BCUT2D eigenvalue weighted by molar-refractivity contribution is 0.317. The lowest BCUT2D eigenvalue weighted by Gasteiger charge is -2.04. The molecule has 2 heterocycles. The van der Waals surface area contributed by atoms with Gasteiger partial charge in [-0.3, -0.25) is 4.68 Å². The Bertz CT molecular complexity index is 750. The molecule has 1 aromatic carbocycles. The van der Waals surface area contributed by atoms with Gasteiger partial charge in [-0.05, 0) is 30.7 Å². The van der Waals surface area contributed by atoms with Crippen LogP contribution in [0.2, 0.25) is 0 Å². The Morgan fingerprint density at radius 2 is 2.04 bits per heavy atom. The number of aromatic nitrogens is 4. The van der Waals surface area contributed by atoms with Crippen molar-refractivity contribution in [2.75, 3.05) is 13.2 Å². The average molecular weight is 329 g/mol. The van der Waals surface area contributed by atoms with E-state index in [4.69, 9.17) is 10.5 Å². The van der Waals surface area contributed by atoms with Gasteiger partial charge in [-0.2, -0.15) is 0 Å². The zero-order chi connectivity index (χ0) is 16.1. The summed E-state index contributed by atoms with van der Waals surface area (Å²) in [6, 6.07) is 8.00. The van der Waals surface area contributed by atoms with Crippen LogP contribution in [-0.4, -0.2) is 33.1 Å². The molecule has 120 valence electrons. The molecule has 0 unspecified atom stereocenters. The lowest BCUT2D eigenvalue weighted by Crippen LogP contribution is -2.10. The molecule has 2 N–H and O–H groups in total. The molecule has 0 aliphatic rings. The highest BCUT2D eigenvalue weighted by atomic mass is 32.1. The fourth-order valence-corrected chi connectivity index (χ4v) is 2.91. The molecular weight excluding hydrogens is 310 g/mol. The quantitative estimate of drug-likeness (QED) is 0.721. The summed E-state index contributed by atoms with van der Waals surface area (Å²) in [5.41, 5.74) is 8.19. The van der Waals surface area contributed by atoms with Gasteiger partial charge in [0.05, 0.1) is 19.3 Å². The zero-order valence-electron chi connectivity index (χ0n) is 13.0. The molecule has 0 atom stereocenters. The second-order valence-electron chi connectivity index (χ2n) is 5.07. The van der Waals surface area contributed by atoms with Crippen LogP contribution >= 0.6 is 11.3 Å². The molecule has 0 aliphatic carbocycles. The van der Waals surface area contributed by atoms with E-state index in [9.17, 15) is 0 Å². The molecule has 0 spiro atoms. The van der Waals surface area contributed by atoms with Crippen LogP contribution in [0.4, 0.5) is 0 Å². The molecule has 0 fully saturated rings. The minimum atomic E-state index is 0.539. The number of ether oxygens (including phenoxy) is 1. The Hall–Kier alpha value is -2.25. The number of nitrogens with two attached hydrogens (primary N) is 1. The van der Waals surface area contributed by atoms with E-state index in [1.54, 1.807) is 16.0 Å². The van der Waals surface area contributed by atoms with E-state index < -0.39 is 0 Å². The average Bonchev–Trinajstić information content (AvgIpc) is 3.23. The van der Waals surface area contributed by atoms with Gasteiger partial charge in [-0.25, -0.2) is 4.98 Å². The minimum absolute atomic E-state index is 0.539. The normalized spacial score (nSPS) is 10.9. The number of nitrogens with zero attached hydrogens (tertiary/aromatic N) is 4. The van der Waals surface area contributed by atoms with E-state index in [1.165, 1.54) is 0 Å². The van der Waals surface area contributed by atoms with Crippen molar-refractivity contribution >= 4 is 11.3 Å². The van der Waals surface area contributed by atoms with E-state index in [1.807, 2.05) is 35.8 Å². The first-order valence-electron chi connectivity index (χ1n) is 7.59. The van der Waals surface area contributed by atoms with Crippen LogP contribution in [0.5, 0.6) is 5.75 Å². The Morgan fingerprint density at radius 3 is 2.78 bits per heavy atom. The summed E-state index contributed by atoms with van der Waals surface area (Å²) in [5, 5.41) is 11.1. The van der Waals surface area contributed by atoms with Crippen LogP contribution in [0.15, 0.2) is 35.8 Å². The maximum Gasteiger partial charge on any atom is 0.132 e. The Labute approximate surface area is 138 Å². The van der Waals surface area contributed by atoms with Crippen LogP contribution in [0, 0.1) is 0 Å². The molecule has 3 rings (SSSR count). The molecule has 0 aliphatic heterocycles. The largest absolute Gasteiger partial charge is 0.494 e. The van der Waals surface area contributed by atoms with Gasteiger partial charge in [-0.15, -0.1) is 16.4 Å². The van der Waals surface area contributed by atoms with Crippen LogP contribution < -0.4 is 10.5 Å². The molecule has 0 bridgehead atoms. The summed E-state index contributed by atoms with van der Waals surface area (Å²) in [6.07, 6.45) is 2.87. The molecule has 0 saturated carbocycles. The van der Waals surface area contributed by atoms with Crippen molar-refractivity contribution in [3.63, 3.8) is 0 Å². The van der Waals surface area contributed by atoms with Crippen molar-refractivity contribution in [3.05, 3.63) is 35.8 Å². The van der Waals surface area contributed by atoms with Crippen LogP contribution in [-0.2, 0) is 6.54 Å². The molecule has 7 heteroatoms. The first-order chi connectivity index (χ1) is 11.3. The Morgan fingerprint density at radius 1 is 1.22 bits per heavy atom. The lowest BCUT2D eigenvalue weighted by atomic mass is 10.2. The van der Waals surface area contributed by atoms with Gasteiger partial charge in [-0.1, -0.05) is 12.1 Å². The van der Waals surface area contributed by atoms with Gasteiger partial charge < -0.3 is 10.5 Å². The topological polar surface area (TPSA) is 78.9 Å². The number of rotatable bonds is 7. The van der Waals surface area contributed by atoms with Crippen molar-refractivity contribution in [1.82, 2.24) is 20.0 Å². The van der Waals surface area contributed by atoms with Crippen molar-refractivity contribution < 1.29 is 4.74 Å².